The summed E-state index contributed by atoms with van der Waals surface area (Å²) in [5, 5.41) is 22.4. The predicted molar refractivity (Wildman–Crippen MR) is 89.4 cm³/mol. The second kappa shape index (κ2) is 4.69. The lowest BCUT2D eigenvalue weighted by Gasteiger charge is -2.65. The van der Waals surface area contributed by atoms with Gasteiger partial charge in [-0.3, -0.25) is 0 Å². The highest BCUT2D eigenvalue weighted by Gasteiger charge is 2.85. The Morgan fingerprint density at radius 2 is 1.96 bits per heavy atom. The third-order valence-electron chi connectivity index (χ3n) is 7.85. The predicted octanol–water partition coefficient (Wildman–Crippen LogP) is 0.635. The molecule has 0 aromatic carbocycles. The molecule has 7 rings (SSSR count). The Hall–Kier alpha value is -2.16. The lowest BCUT2D eigenvalue weighted by Crippen LogP contribution is -2.78. The number of aliphatic hydroxyl groups is 2. The van der Waals surface area contributed by atoms with Crippen molar-refractivity contribution in [3.05, 3.63) is 35.8 Å². The number of esters is 2. The van der Waals surface area contributed by atoms with E-state index in [2.05, 4.69) is 0 Å². The maximum absolute atomic E-state index is 12.9. The van der Waals surface area contributed by atoms with Gasteiger partial charge in [0, 0.05) is 27.9 Å². The summed E-state index contributed by atoms with van der Waals surface area (Å²) in [4.78, 5) is 25.5. The molecule has 1 aromatic heterocycles. The number of fused-ring (bicyclic) bond motifs is 2. The van der Waals surface area contributed by atoms with Gasteiger partial charge in [-0.1, -0.05) is 13.8 Å². The Labute approximate surface area is 160 Å². The van der Waals surface area contributed by atoms with Crippen molar-refractivity contribution in [3.63, 3.8) is 0 Å². The van der Waals surface area contributed by atoms with Gasteiger partial charge in [-0.25, -0.2) is 9.59 Å². The SMILES string of the molecule is C[C@@]12[C@H](O)C=C3C(=O)O[C@@H](c4ccoc4)C[C@]3(C)[C@@H]1[C@H]1OC(=O)[C@]2(O)[C@@H]2O[C@H]12. The number of ether oxygens (including phenoxy) is 3. The molecule has 8 nitrogen and oxygen atoms in total. The highest BCUT2D eigenvalue weighted by Crippen LogP contribution is 2.70. The maximum Gasteiger partial charge on any atom is 0.342 e. The normalized spacial score (nSPS) is 53.4. The van der Waals surface area contributed by atoms with E-state index in [4.69, 9.17) is 18.6 Å². The molecule has 2 bridgehead atoms. The highest BCUT2D eigenvalue weighted by molar-refractivity contribution is 5.93. The van der Waals surface area contributed by atoms with Crippen LogP contribution in [0.15, 0.2) is 34.7 Å². The number of rotatable bonds is 1. The first kappa shape index (κ1) is 16.8. The zero-order valence-electron chi connectivity index (χ0n) is 15.3. The van der Waals surface area contributed by atoms with Gasteiger partial charge < -0.3 is 28.8 Å². The zero-order chi connectivity index (χ0) is 19.6. The second-order valence-corrected chi connectivity index (χ2v) is 9.02. The standard InChI is InChI=1S/C20H20O8/c1-18-6-10(8-3-4-25-7-8)26-16(22)9(18)5-11(21)19(2)14(18)12-13-15(27-13)20(19,24)17(23)28-12/h3-5,7,10-15,21,24H,6H2,1-2H3/t10-,11-,12+,13-,14+,15-,18+,19-,20-/m1/s1. The average molecular weight is 388 g/mol. The van der Waals surface area contributed by atoms with Gasteiger partial charge >= 0.3 is 11.9 Å². The van der Waals surface area contributed by atoms with Crippen molar-refractivity contribution >= 4 is 11.9 Å². The Balaban J connectivity index is 1.54. The Morgan fingerprint density at radius 3 is 2.68 bits per heavy atom. The number of furan rings is 1. The zero-order valence-corrected chi connectivity index (χ0v) is 15.3. The van der Waals surface area contributed by atoms with Crippen molar-refractivity contribution in [1.82, 2.24) is 0 Å². The van der Waals surface area contributed by atoms with Crippen LogP contribution in [0.3, 0.4) is 0 Å². The van der Waals surface area contributed by atoms with Crippen molar-refractivity contribution in [2.75, 3.05) is 0 Å². The fraction of sp³-hybridized carbons (Fsp3) is 0.600. The van der Waals surface area contributed by atoms with Crippen LogP contribution in [-0.2, 0) is 23.8 Å². The summed E-state index contributed by atoms with van der Waals surface area (Å²) < 4.78 is 22.0. The Kier molecular flexibility index (Phi) is 2.81. The molecule has 0 radical (unpaired) electrons. The number of epoxide rings is 1. The van der Waals surface area contributed by atoms with Crippen LogP contribution in [-0.4, -0.2) is 52.2 Å². The molecule has 6 aliphatic rings. The van der Waals surface area contributed by atoms with Crippen molar-refractivity contribution in [2.45, 2.75) is 56.4 Å². The van der Waals surface area contributed by atoms with Crippen molar-refractivity contribution in [1.29, 1.82) is 0 Å². The number of aliphatic hydroxyl groups excluding tert-OH is 1. The van der Waals surface area contributed by atoms with Crippen LogP contribution in [0.4, 0.5) is 0 Å². The van der Waals surface area contributed by atoms with Crippen molar-refractivity contribution in [3.8, 4) is 0 Å². The monoisotopic (exact) mass is 388 g/mol. The van der Waals surface area contributed by atoms with Gasteiger partial charge in [-0.05, 0) is 18.6 Å². The van der Waals surface area contributed by atoms with Gasteiger partial charge in [0.2, 0.25) is 0 Å². The molecular weight excluding hydrogens is 368 g/mol. The molecule has 4 aliphatic heterocycles. The first-order valence-electron chi connectivity index (χ1n) is 9.45. The van der Waals surface area contributed by atoms with Gasteiger partial charge in [-0.2, -0.15) is 0 Å². The van der Waals surface area contributed by atoms with Gasteiger partial charge in [0.1, 0.15) is 24.4 Å². The summed E-state index contributed by atoms with van der Waals surface area (Å²) >= 11 is 0. The van der Waals surface area contributed by atoms with Crippen LogP contribution >= 0.6 is 0 Å². The molecule has 5 heterocycles. The summed E-state index contributed by atoms with van der Waals surface area (Å²) in [5.41, 5.74) is -2.91. The van der Waals surface area contributed by atoms with E-state index in [1.165, 1.54) is 18.6 Å². The molecule has 9 atom stereocenters. The lowest BCUT2D eigenvalue weighted by molar-refractivity contribution is -0.276. The van der Waals surface area contributed by atoms with Gasteiger partial charge in [0.15, 0.2) is 5.60 Å². The van der Waals surface area contributed by atoms with Crippen LogP contribution in [0.25, 0.3) is 0 Å². The third-order valence-corrected chi connectivity index (χ3v) is 7.85. The van der Waals surface area contributed by atoms with E-state index < -0.39 is 64.8 Å². The minimum atomic E-state index is -1.96. The van der Waals surface area contributed by atoms with Gasteiger partial charge in [-0.15, -0.1) is 0 Å². The number of carbonyl (C=O) groups is 2. The second-order valence-electron chi connectivity index (χ2n) is 9.02. The van der Waals surface area contributed by atoms with Crippen molar-refractivity contribution < 1.29 is 38.4 Å². The molecule has 0 spiro atoms. The Morgan fingerprint density at radius 1 is 1.18 bits per heavy atom. The van der Waals surface area contributed by atoms with Crippen molar-refractivity contribution in [2.24, 2.45) is 16.7 Å². The van der Waals surface area contributed by atoms with Crippen LogP contribution in [0.1, 0.15) is 31.9 Å². The van der Waals surface area contributed by atoms with Gasteiger partial charge in [0.05, 0.1) is 18.6 Å². The topological polar surface area (TPSA) is 119 Å². The van der Waals surface area contributed by atoms with E-state index in [9.17, 15) is 19.8 Å². The minimum absolute atomic E-state index is 0.353. The van der Waals surface area contributed by atoms with Gasteiger partial charge in [0.25, 0.3) is 0 Å². The smallest absolute Gasteiger partial charge is 0.342 e. The minimum Gasteiger partial charge on any atom is -0.472 e. The van der Waals surface area contributed by atoms with E-state index in [0.29, 0.717) is 12.0 Å². The summed E-state index contributed by atoms with van der Waals surface area (Å²) in [6, 6.07) is 1.74. The van der Waals surface area contributed by atoms with Crippen LogP contribution in [0, 0.1) is 16.7 Å². The molecule has 2 N–H and O–H groups in total. The summed E-state index contributed by atoms with van der Waals surface area (Å²) in [5.74, 6) is -1.79. The molecule has 4 saturated heterocycles. The van der Waals surface area contributed by atoms with E-state index in [1.54, 1.807) is 13.0 Å². The first-order chi connectivity index (χ1) is 13.2. The lowest BCUT2D eigenvalue weighted by atomic mass is 9.42. The molecule has 28 heavy (non-hydrogen) atoms. The van der Waals surface area contributed by atoms with E-state index >= 15 is 0 Å². The summed E-state index contributed by atoms with van der Waals surface area (Å²) in [6.45, 7) is 3.61. The quantitative estimate of drug-likeness (QED) is 0.531. The molecule has 8 heteroatoms. The largest absolute Gasteiger partial charge is 0.472 e. The fourth-order valence-corrected chi connectivity index (χ4v) is 6.39. The molecular formula is C20H20O8. The number of cyclic esters (lactones) is 1. The maximum atomic E-state index is 12.9. The number of carbonyl (C=O) groups excluding carboxylic acids is 2. The van der Waals surface area contributed by atoms with Crippen LogP contribution in [0.5, 0.6) is 0 Å². The Bertz CT molecular complexity index is 936. The highest BCUT2D eigenvalue weighted by atomic mass is 16.7. The van der Waals surface area contributed by atoms with E-state index in [-0.39, 0.29) is 0 Å². The molecule has 148 valence electrons. The fourth-order valence-electron chi connectivity index (χ4n) is 6.39. The summed E-state index contributed by atoms with van der Waals surface area (Å²) in [6.07, 6.45) is 1.40. The average Bonchev–Trinajstić information content (AvgIpc) is 3.27. The van der Waals surface area contributed by atoms with Crippen LogP contribution < -0.4 is 0 Å². The number of hydrogen-bond donors (Lipinski definition) is 2. The number of hydrogen-bond acceptors (Lipinski definition) is 8. The molecule has 1 aromatic rings. The molecule has 0 amide bonds. The molecule has 1 saturated carbocycles. The first-order valence-corrected chi connectivity index (χ1v) is 9.45. The molecule has 0 unspecified atom stereocenters. The van der Waals surface area contributed by atoms with E-state index in [1.807, 2.05) is 6.92 Å². The molecule has 2 aliphatic carbocycles. The van der Waals surface area contributed by atoms with E-state index in [0.717, 1.165) is 5.56 Å². The molecule has 5 fully saturated rings. The van der Waals surface area contributed by atoms with Crippen LogP contribution in [0.2, 0.25) is 0 Å². The third kappa shape index (κ3) is 1.58. The summed E-state index contributed by atoms with van der Waals surface area (Å²) in [7, 11) is 0.